The van der Waals surface area contributed by atoms with Gasteiger partial charge in [0.25, 0.3) is 0 Å². The van der Waals surface area contributed by atoms with E-state index in [-0.39, 0.29) is 0 Å². The van der Waals surface area contributed by atoms with Crippen LogP contribution in [0.5, 0.6) is 0 Å². The van der Waals surface area contributed by atoms with E-state index < -0.39 is 18.1 Å². The van der Waals surface area contributed by atoms with Gasteiger partial charge in [0.15, 0.2) is 0 Å². The lowest BCUT2D eigenvalue weighted by atomic mass is 10.0. The molecule has 0 aliphatic carbocycles. The molecule has 4 N–H and O–H groups in total. The van der Waals surface area contributed by atoms with E-state index >= 15 is 0 Å². The molecule has 0 heterocycles. The van der Waals surface area contributed by atoms with E-state index in [0.29, 0.717) is 0 Å². The molecule has 76 valence electrons. The van der Waals surface area contributed by atoms with Crippen molar-refractivity contribution in [2.75, 3.05) is 7.11 Å². The number of benzene rings is 1. The molecule has 0 radical (unpaired) electrons. The standard InChI is InChI=1S/C10H14N2O2/c1-14-10(13)9(12)8(11)7-5-3-2-4-6-7/h2-6,8-9H,11-12H2,1H3. The Morgan fingerprint density at radius 3 is 2.36 bits per heavy atom. The first kappa shape index (κ1) is 10.7. The second-order valence-corrected chi connectivity index (χ2v) is 2.99. The summed E-state index contributed by atoms with van der Waals surface area (Å²) in [7, 11) is 1.29. The highest BCUT2D eigenvalue weighted by molar-refractivity contribution is 5.76. The molecule has 0 saturated carbocycles. The van der Waals surface area contributed by atoms with Crippen molar-refractivity contribution < 1.29 is 9.53 Å². The van der Waals surface area contributed by atoms with Crippen molar-refractivity contribution in [3.05, 3.63) is 35.9 Å². The molecule has 1 aromatic rings. The highest BCUT2D eigenvalue weighted by Gasteiger charge is 2.22. The minimum Gasteiger partial charge on any atom is -0.468 e. The van der Waals surface area contributed by atoms with Crippen LogP contribution >= 0.6 is 0 Å². The van der Waals surface area contributed by atoms with Crippen molar-refractivity contribution in [2.45, 2.75) is 12.1 Å². The van der Waals surface area contributed by atoms with Gasteiger partial charge in [-0.05, 0) is 5.56 Å². The van der Waals surface area contributed by atoms with E-state index in [2.05, 4.69) is 4.74 Å². The fourth-order valence-electron chi connectivity index (χ4n) is 1.17. The van der Waals surface area contributed by atoms with Crippen LogP contribution in [0, 0.1) is 0 Å². The van der Waals surface area contributed by atoms with Crippen molar-refractivity contribution in [1.29, 1.82) is 0 Å². The molecule has 14 heavy (non-hydrogen) atoms. The summed E-state index contributed by atoms with van der Waals surface area (Å²) in [5.41, 5.74) is 12.2. The largest absolute Gasteiger partial charge is 0.468 e. The van der Waals surface area contributed by atoms with Crippen molar-refractivity contribution in [3.63, 3.8) is 0 Å². The Morgan fingerprint density at radius 1 is 1.29 bits per heavy atom. The van der Waals surface area contributed by atoms with E-state index in [1.54, 1.807) is 0 Å². The van der Waals surface area contributed by atoms with Gasteiger partial charge in [-0.25, -0.2) is 0 Å². The number of esters is 1. The number of carbonyl (C=O) groups excluding carboxylic acids is 1. The van der Waals surface area contributed by atoms with Crippen LogP contribution in [0.15, 0.2) is 30.3 Å². The predicted molar refractivity (Wildman–Crippen MR) is 53.4 cm³/mol. The summed E-state index contributed by atoms with van der Waals surface area (Å²) < 4.78 is 4.51. The Balaban J connectivity index is 2.75. The van der Waals surface area contributed by atoms with Crippen LogP contribution in [0.4, 0.5) is 0 Å². The molecule has 0 aromatic heterocycles. The van der Waals surface area contributed by atoms with Crippen molar-refractivity contribution >= 4 is 5.97 Å². The van der Waals surface area contributed by atoms with Crippen LogP contribution < -0.4 is 11.5 Å². The average molecular weight is 194 g/mol. The number of nitrogens with two attached hydrogens (primary N) is 2. The first-order chi connectivity index (χ1) is 6.66. The summed E-state index contributed by atoms with van der Waals surface area (Å²) in [5, 5.41) is 0. The SMILES string of the molecule is COC(=O)C(N)C(N)c1ccccc1. The van der Waals surface area contributed by atoms with Crippen LogP contribution in [0.25, 0.3) is 0 Å². The maximum atomic E-state index is 11.1. The summed E-state index contributed by atoms with van der Waals surface area (Å²) in [4.78, 5) is 11.1. The molecular formula is C10H14N2O2. The Hall–Kier alpha value is -1.39. The number of rotatable bonds is 3. The average Bonchev–Trinajstić information content (AvgIpc) is 2.27. The molecule has 0 spiro atoms. The number of methoxy groups -OCH3 is 1. The summed E-state index contributed by atoms with van der Waals surface area (Å²) in [6.07, 6.45) is 0. The molecule has 0 aliphatic heterocycles. The first-order valence-electron chi connectivity index (χ1n) is 4.30. The van der Waals surface area contributed by atoms with Gasteiger partial charge in [-0.1, -0.05) is 30.3 Å². The molecule has 0 aliphatic rings. The van der Waals surface area contributed by atoms with Gasteiger partial charge in [0.2, 0.25) is 0 Å². The van der Waals surface area contributed by atoms with Gasteiger partial charge in [0.05, 0.1) is 13.2 Å². The third kappa shape index (κ3) is 2.31. The quantitative estimate of drug-likeness (QED) is 0.673. The first-order valence-corrected chi connectivity index (χ1v) is 4.30. The zero-order valence-electron chi connectivity index (χ0n) is 8.01. The van der Waals surface area contributed by atoms with E-state index in [1.807, 2.05) is 30.3 Å². The highest BCUT2D eigenvalue weighted by atomic mass is 16.5. The molecule has 2 atom stereocenters. The number of hydrogen-bond donors (Lipinski definition) is 2. The second-order valence-electron chi connectivity index (χ2n) is 2.99. The Morgan fingerprint density at radius 2 is 1.86 bits per heavy atom. The van der Waals surface area contributed by atoms with Crippen LogP contribution in [0.2, 0.25) is 0 Å². The van der Waals surface area contributed by atoms with E-state index in [1.165, 1.54) is 7.11 Å². The molecular weight excluding hydrogens is 180 g/mol. The number of hydrogen-bond acceptors (Lipinski definition) is 4. The minimum atomic E-state index is -0.817. The van der Waals surface area contributed by atoms with Gasteiger partial charge < -0.3 is 16.2 Å². The van der Waals surface area contributed by atoms with Gasteiger partial charge in [-0.15, -0.1) is 0 Å². The van der Waals surface area contributed by atoms with Gasteiger partial charge >= 0.3 is 5.97 Å². The third-order valence-electron chi connectivity index (χ3n) is 2.04. The zero-order chi connectivity index (χ0) is 10.6. The lowest BCUT2D eigenvalue weighted by Gasteiger charge is -2.17. The minimum absolute atomic E-state index is 0.499. The summed E-state index contributed by atoms with van der Waals surface area (Å²) >= 11 is 0. The fourth-order valence-corrected chi connectivity index (χ4v) is 1.17. The summed E-state index contributed by atoms with van der Waals surface area (Å²) in [6, 6.07) is 7.88. The normalized spacial score (nSPS) is 14.5. The van der Waals surface area contributed by atoms with Crippen molar-refractivity contribution in [2.24, 2.45) is 11.5 Å². The van der Waals surface area contributed by atoms with Crippen LogP contribution in [0.3, 0.4) is 0 Å². The van der Waals surface area contributed by atoms with Crippen molar-refractivity contribution in [3.8, 4) is 0 Å². The maximum Gasteiger partial charge on any atom is 0.324 e. The molecule has 1 rings (SSSR count). The topological polar surface area (TPSA) is 78.3 Å². The molecule has 0 saturated heterocycles. The van der Waals surface area contributed by atoms with E-state index in [0.717, 1.165) is 5.56 Å². The molecule has 0 bridgehead atoms. The number of ether oxygens (including phenoxy) is 1. The maximum absolute atomic E-state index is 11.1. The molecule has 2 unspecified atom stereocenters. The third-order valence-corrected chi connectivity index (χ3v) is 2.04. The Kier molecular flexibility index (Phi) is 3.62. The molecule has 4 nitrogen and oxygen atoms in total. The summed E-state index contributed by atoms with van der Waals surface area (Å²) in [5.74, 6) is -0.499. The molecule has 0 amide bonds. The smallest absolute Gasteiger partial charge is 0.324 e. The van der Waals surface area contributed by atoms with Crippen LogP contribution in [0.1, 0.15) is 11.6 Å². The lowest BCUT2D eigenvalue weighted by Crippen LogP contribution is -2.41. The Bertz CT molecular complexity index is 300. The van der Waals surface area contributed by atoms with Gasteiger partial charge in [-0.3, -0.25) is 4.79 Å². The predicted octanol–water partition coefficient (Wildman–Crippen LogP) is 0.187. The molecule has 0 fully saturated rings. The summed E-state index contributed by atoms with van der Waals surface area (Å²) in [6.45, 7) is 0. The molecule has 4 heteroatoms. The Labute approximate surface area is 82.8 Å². The van der Waals surface area contributed by atoms with Gasteiger partial charge in [0, 0.05) is 0 Å². The molecule has 1 aromatic carbocycles. The van der Waals surface area contributed by atoms with Gasteiger partial charge in [-0.2, -0.15) is 0 Å². The van der Waals surface area contributed by atoms with Gasteiger partial charge in [0.1, 0.15) is 6.04 Å². The lowest BCUT2D eigenvalue weighted by molar-refractivity contribution is -0.142. The fraction of sp³-hybridized carbons (Fsp3) is 0.300. The highest BCUT2D eigenvalue weighted by Crippen LogP contribution is 2.12. The van der Waals surface area contributed by atoms with Crippen LogP contribution in [-0.2, 0) is 9.53 Å². The second kappa shape index (κ2) is 4.74. The monoisotopic (exact) mass is 194 g/mol. The van der Waals surface area contributed by atoms with Crippen LogP contribution in [-0.4, -0.2) is 19.1 Å². The number of carbonyl (C=O) groups is 1. The van der Waals surface area contributed by atoms with Crippen molar-refractivity contribution in [1.82, 2.24) is 0 Å². The zero-order valence-corrected chi connectivity index (χ0v) is 8.01. The van der Waals surface area contributed by atoms with E-state index in [9.17, 15) is 4.79 Å². The van der Waals surface area contributed by atoms with E-state index in [4.69, 9.17) is 11.5 Å².